The molecule has 0 fully saturated rings. The third kappa shape index (κ3) is 13.3. The molecule has 0 radical (unpaired) electrons. The Labute approximate surface area is 105 Å². The first-order chi connectivity index (χ1) is 8.16. The summed E-state index contributed by atoms with van der Waals surface area (Å²) in [6.07, 6.45) is 6.58. The molecule has 1 atom stereocenters. The van der Waals surface area contributed by atoms with Crippen LogP contribution in [-0.4, -0.2) is 50.2 Å². The van der Waals surface area contributed by atoms with E-state index in [2.05, 4.69) is 11.2 Å². The van der Waals surface area contributed by atoms with Gasteiger partial charge in [-0.25, -0.2) is 0 Å². The first-order valence-corrected chi connectivity index (χ1v) is 6.18. The molecule has 0 saturated carbocycles. The predicted octanol–water partition coefficient (Wildman–Crippen LogP) is 0.792. The molecule has 0 aliphatic rings. The monoisotopic (exact) mass is 243 g/mol. The average Bonchev–Trinajstić information content (AvgIpc) is 2.28. The number of aliphatic hydroxyl groups is 1. The van der Waals surface area contributed by atoms with Gasteiger partial charge in [0.05, 0.1) is 32.0 Å². The summed E-state index contributed by atoms with van der Waals surface area (Å²) in [7, 11) is 0. The smallest absolute Gasteiger partial charge is 0.0897 e. The van der Waals surface area contributed by atoms with Crippen LogP contribution in [-0.2, 0) is 9.47 Å². The van der Waals surface area contributed by atoms with Gasteiger partial charge in [0.15, 0.2) is 0 Å². The number of hydrogen-bond donors (Lipinski definition) is 2. The molecule has 0 aromatic rings. The summed E-state index contributed by atoms with van der Waals surface area (Å²) in [6, 6.07) is 0. The Morgan fingerprint density at radius 2 is 2.12 bits per heavy atom. The third-order valence-corrected chi connectivity index (χ3v) is 2.04. The van der Waals surface area contributed by atoms with Crippen molar-refractivity contribution in [2.45, 2.75) is 38.9 Å². The van der Waals surface area contributed by atoms with E-state index in [9.17, 15) is 5.11 Å². The third-order valence-electron chi connectivity index (χ3n) is 2.04. The standard InChI is InChI=1S/C13H25NO3/c1-4-5-6-7-14-10-13(15)11-16-8-9-17-12(2)3/h1,12-15H,5-11H2,2-3H3. The zero-order valence-electron chi connectivity index (χ0n) is 10.9. The van der Waals surface area contributed by atoms with Crippen LogP contribution in [0.2, 0.25) is 0 Å². The Hall–Kier alpha value is -0.600. The maximum atomic E-state index is 9.55. The zero-order chi connectivity index (χ0) is 12.9. The van der Waals surface area contributed by atoms with Crippen LogP contribution in [0.15, 0.2) is 0 Å². The van der Waals surface area contributed by atoms with E-state index in [-0.39, 0.29) is 6.10 Å². The molecular weight excluding hydrogens is 218 g/mol. The summed E-state index contributed by atoms with van der Waals surface area (Å²) >= 11 is 0. The van der Waals surface area contributed by atoms with E-state index in [1.807, 2.05) is 13.8 Å². The van der Waals surface area contributed by atoms with Gasteiger partial charge >= 0.3 is 0 Å². The lowest BCUT2D eigenvalue weighted by atomic mass is 10.3. The molecule has 0 saturated heterocycles. The molecule has 4 nitrogen and oxygen atoms in total. The molecule has 17 heavy (non-hydrogen) atoms. The zero-order valence-corrected chi connectivity index (χ0v) is 10.9. The van der Waals surface area contributed by atoms with Crippen LogP contribution in [0.3, 0.4) is 0 Å². The van der Waals surface area contributed by atoms with Gasteiger partial charge in [0, 0.05) is 13.0 Å². The van der Waals surface area contributed by atoms with Crippen molar-refractivity contribution >= 4 is 0 Å². The molecule has 0 aliphatic heterocycles. The van der Waals surface area contributed by atoms with E-state index in [0.29, 0.717) is 26.4 Å². The molecule has 2 N–H and O–H groups in total. The number of unbranched alkanes of at least 4 members (excludes halogenated alkanes) is 1. The summed E-state index contributed by atoms with van der Waals surface area (Å²) in [5, 5.41) is 12.7. The van der Waals surface area contributed by atoms with Crippen LogP contribution < -0.4 is 5.32 Å². The van der Waals surface area contributed by atoms with Crippen LogP contribution in [0.5, 0.6) is 0 Å². The Morgan fingerprint density at radius 3 is 2.76 bits per heavy atom. The topological polar surface area (TPSA) is 50.7 Å². The highest BCUT2D eigenvalue weighted by atomic mass is 16.5. The molecule has 0 bridgehead atoms. The number of nitrogens with one attached hydrogen (secondary N) is 1. The fourth-order valence-electron chi connectivity index (χ4n) is 1.21. The first kappa shape index (κ1) is 16.4. The van der Waals surface area contributed by atoms with Crippen molar-refractivity contribution in [1.29, 1.82) is 0 Å². The van der Waals surface area contributed by atoms with Gasteiger partial charge in [-0.3, -0.25) is 0 Å². The summed E-state index contributed by atoms with van der Waals surface area (Å²) < 4.78 is 10.6. The van der Waals surface area contributed by atoms with E-state index >= 15 is 0 Å². The van der Waals surface area contributed by atoms with E-state index in [4.69, 9.17) is 15.9 Å². The van der Waals surface area contributed by atoms with Crippen molar-refractivity contribution in [2.24, 2.45) is 0 Å². The molecule has 100 valence electrons. The van der Waals surface area contributed by atoms with Crippen LogP contribution >= 0.6 is 0 Å². The molecule has 4 heteroatoms. The van der Waals surface area contributed by atoms with Crippen molar-refractivity contribution in [1.82, 2.24) is 5.32 Å². The summed E-state index contributed by atoms with van der Waals surface area (Å²) in [5.41, 5.74) is 0. The van der Waals surface area contributed by atoms with Gasteiger partial charge in [0.1, 0.15) is 0 Å². The van der Waals surface area contributed by atoms with E-state index in [0.717, 1.165) is 19.4 Å². The Morgan fingerprint density at radius 1 is 1.35 bits per heavy atom. The average molecular weight is 243 g/mol. The molecule has 1 unspecified atom stereocenters. The lowest BCUT2D eigenvalue weighted by Gasteiger charge is -2.13. The predicted molar refractivity (Wildman–Crippen MR) is 68.9 cm³/mol. The highest BCUT2D eigenvalue weighted by Crippen LogP contribution is 1.89. The Bertz CT molecular complexity index is 201. The van der Waals surface area contributed by atoms with Crippen LogP contribution in [0, 0.1) is 12.3 Å². The molecular formula is C13H25NO3. The quantitative estimate of drug-likeness (QED) is 0.416. The van der Waals surface area contributed by atoms with E-state index in [1.165, 1.54) is 0 Å². The van der Waals surface area contributed by atoms with Gasteiger partial charge in [-0.2, -0.15) is 0 Å². The maximum absolute atomic E-state index is 9.55. The van der Waals surface area contributed by atoms with Gasteiger partial charge < -0.3 is 19.9 Å². The number of hydrogen-bond acceptors (Lipinski definition) is 4. The minimum absolute atomic E-state index is 0.223. The summed E-state index contributed by atoms with van der Waals surface area (Å²) in [5.74, 6) is 2.57. The molecule has 0 aliphatic carbocycles. The van der Waals surface area contributed by atoms with Crippen LogP contribution in [0.1, 0.15) is 26.7 Å². The van der Waals surface area contributed by atoms with E-state index in [1.54, 1.807) is 0 Å². The molecule has 0 rings (SSSR count). The van der Waals surface area contributed by atoms with Crippen molar-refractivity contribution in [3.63, 3.8) is 0 Å². The van der Waals surface area contributed by atoms with Gasteiger partial charge in [-0.15, -0.1) is 12.3 Å². The number of ether oxygens (including phenoxy) is 2. The SMILES string of the molecule is C#CCCCNCC(O)COCCOC(C)C. The molecule has 0 amide bonds. The van der Waals surface area contributed by atoms with Gasteiger partial charge in [-0.1, -0.05) is 0 Å². The van der Waals surface area contributed by atoms with E-state index < -0.39 is 6.10 Å². The fraction of sp³-hybridized carbons (Fsp3) is 0.846. The highest BCUT2D eigenvalue weighted by Gasteiger charge is 2.03. The normalized spacial score (nSPS) is 12.6. The lowest BCUT2D eigenvalue weighted by molar-refractivity contribution is -0.00991. The number of rotatable bonds is 11. The minimum Gasteiger partial charge on any atom is -0.389 e. The van der Waals surface area contributed by atoms with Crippen molar-refractivity contribution in [2.75, 3.05) is 32.9 Å². The fourth-order valence-corrected chi connectivity index (χ4v) is 1.21. The van der Waals surface area contributed by atoms with Crippen molar-refractivity contribution < 1.29 is 14.6 Å². The Balaban J connectivity index is 3.18. The summed E-state index contributed by atoms with van der Waals surface area (Å²) in [4.78, 5) is 0. The van der Waals surface area contributed by atoms with Gasteiger partial charge in [0.25, 0.3) is 0 Å². The van der Waals surface area contributed by atoms with Crippen LogP contribution in [0.4, 0.5) is 0 Å². The first-order valence-electron chi connectivity index (χ1n) is 6.18. The Kier molecular flexibility index (Phi) is 11.5. The highest BCUT2D eigenvalue weighted by molar-refractivity contribution is 4.83. The molecule has 0 aromatic carbocycles. The van der Waals surface area contributed by atoms with Gasteiger partial charge in [-0.05, 0) is 26.8 Å². The largest absolute Gasteiger partial charge is 0.389 e. The number of terminal acetylenes is 1. The van der Waals surface area contributed by atoms with Crippen LogP contribution in [0.25, 0.3) is 0 Å². The maximum Gasteiger partial charge on any atom is 0.0897 e. The molecule has 0 spiro atoms. The second-order valence-corrected chi connectivity index (χ2v) is 4.16. The second-order valence-electron chi connectivity index (χ2n) is 4.16. The lowest BCUT2D eigenvalue weighted by Crippen LogP contribution is -2.31. The van der Waals surface area contributed by atoms with Gasteiger partial charge in [0.2, 0.25) is 0 Å². The minimum atomic E-state index is -0.472. The summed E-state index contributed by atoms with van der Waals surface area (Å²) in [6.45, 7) is 6.76. The number of aliphatic hydroxyl groups excluding tert-OH is 1. The van der Waals surface area contributed by atoms with Crippen molar-refractivity contribution in [3.8, 4) is 12.3 Å². The second kappa shape index (κ2) is 11.9. The molecule has 0 heterocycles. The molecule has 0 aromatic heterocycles. The van der Waals surface area contributed by atoms with Crippen molar-refractivity contribution in [3.05, 3.63) is 0 Å².